The van der Waals surface area contributed by atoms with Crippen molar-refractivity contribution in [3.8, 4) is 0 Å². The summed E-state index contributed by atoms with van der Waals surface area (Å²) in [7, 11) is -2.53. The SMILES string of the molecule is CCS(=O)(=O)c1ccc(Cl)cc1N(C)C(=O)c1cc(Br)c(CN2CCC[C@H](NC(=O)CNC(=O)OC(C)(C)C)C2)c(C(F)(F)F)c1. The molecule has 0 bridgehead atoms. The minimum absolute atomic E-state index is 0.0410. The van der Waals surface area contributed by atoms with Gasteiger partial charge in [-0.2, -0.15) is 13.2 Å². The van der Waals surface area contributed by atoms with Crippen LogP contribution in [0.2, 0.25) is 5.02 Å². The van der Waals surface area contributed by atoms with E-state index in [1.165, 1.54) is 38.2 Å². The third-order valence-corrected chi connectivity index (χ3v) is 9.81. The number of carbonyl (C=O) groups excluding carboxylic acids is 3. The van der Waals surface area contributed by atoms with E-state index in [2.05, 4.69) is 26.6 Å². The zero-order chi connectivity index (χ0) is 34.6. The molecule has 2 aromatic rings. The van der Waals surface area contributed by atoms with Crippen molar-refractivity contribution in [2.45, 2.75) is 69.8 Å². The highest BCUT2D eigenvalue weighted by atomic mass is 79.9. The molecule has 3 rings (SSSR count). The number of alkyl halides is 3. The average Bonchev–Trinajstić information content (AvgIpc) is 2.94. The molecule has 0 aromatic heterocycles. The minimum Gasteiger partial charge on any atom is -0.444 e. The van der Waals surface area contributed by atoms with Crippen molar-refractivity contribution >= 4 is 61.0 Å². The smallest absolute Gasteiger partial charge is 0.416 e. The number of hydrogen-bond donors (Lipinski definition) is 2. The Morgan fingerprint density at radius 3 is 2.43 bits per heavy atom. The lowest BCUT2D eigenvalue weighted by Gasteiger charge is -2.34. The van der Waals surface area contributed by atoms with Gasteiger partial charge in [0.1, 0.15) is 12.1 Å². The number of amides is 3. The maximum Gasteiger partial charge on any atom is 0.416 e. The van der Waals surface area contributed by atoms with Crippen LogP contribution in [0.25, 0.3) is 0 Å². The third kappa shape index (κ3) is 10.1. The van der Waals surface area contributed by atoms with Crippen LogP contribution in [0.1, 0.15) is 62.0 Å². The number of nitrogens with one attached hydrogen (secondary N) is 2. The molecular weight excluding hydrogens is 717 g/mol. The molecule has 1 atom stereocenters. The molecule has 2 N–H and O–H groups in total. The number of alkyl carbamates (subject to hydrolysis) is 1. The van der Waals surface area contributed by atoms with Crippen molar-refractivity contribution in [3.05, 3.63) is 56.5 Å². The lowest BCUT2D eigenvalue weighted by atomic mass is 9.99. The standard InChI is InChI=1S/C30H37BrClF3N4O6S/c1-6-46(43,44)25-10-9-19(32)14-24(25)38(5)27(41)18-12-22(30(33,34)35)21(23(31)13-18)17-39-11-7-8-20(16-39)37-26(40)15-36-28(42)45-29(2,3)4/h9-10,12-14,20H,6-8,11,15-17H2,1-5H3,(H,36,42)(H,37,40)/t20-/m0/s1. The number of benzene rings is 2. The van der Waals surface area contributed by atoms with Gasteiger partial charge in [-0.1, -0.05) is 34.5 Å². The normalized spacial score (nSPS) is 16.1. The maximum atomic E-state index is 14.4. The Balaban J connectivity index is 1.80. The summed E-state index contributed by atoms with van der Waals surface area (Å²) >= 11 is 9.31. The zero-order valence-electron chi connectivity index (χ0n) is 26.1. The third-order valence-electron chi connectivity index (χ3n) is 7.09. The number of anilines is 1. The van der Waals surface area contributed by atoms with Gasteiger partial charge in [-0.25, -0.2) is 13.2 Å². The van der Waals surface area contributed by atoms with Gasteiger partial charge in [-0.05, 0) is 76.1 Å². The topological polar surface area (TPSA) is 125 Å². The number of halogens is 5. The first-order valence-electron chi connectivity index (χ1n) is 14.4. The Morgan fingerprint density at radius 2 is 1.83 bits per heavy atom. The molecule has 0 saturated carbocycles. The monoisotopic (exact) mass is 752 g/mol. The van der Waals surface area contributed by atoms with Crippen molar-refractivity contribution in [1.29, 1.82) is 0 Å². The van der Waals surface area contributed by atoms with E-state index >= 15 is 0 Å². The van der Waals surface area contributed by atoms with E-state index in [0.717, 1.165) is 11.0 Å². The van der Waals surface area contributed by atoms with E-state index < -0.39 is 45.1 Å². The number of carbonyl (C=O) groups is 3. The van der Waals surface area contributed by atoms with Gasteiger partial charge in [0.25, 0.3) is 5.91 Å². The van der Waals surface area contributed by atoms with E-state index in [0.29, 0.717) is 19.4 Å². The largest absolute Gasteiger partial charge is 0.444 e. The number of rotatable bonds is 9. The van der Waals surface area contributed by atoms with Crippen LogP contribution in [0.5, 0.6) is 0 Å². The average molecular weight is 754 g/mol. The number of nitrogens with zero attached hydrogens (tertiary/aromatic N) is 2. The van der Waals surface area contributed by atoms with Gasteiger partial charge in [0, 0.05) is 41.2 Å². The number of ether oxygens (including phenoxy) is 1. The molecule has 0 unspecified atom stereocenters. The quantitative estimate of drug-likeness (QED) is 0.332. The lowest BCUT2D eigenvalue weighted by Crippen LogP contribution is -2.50. The molecule has 16 heteroatoms. The molecule has 1 aliphatic heterocycles. The zero-order valence-corrected chi connectivity index (χ0v) is 29.2. The first kappa shape index (κ1) is 37.6. The van der Waals surface area contributed by atoms with Gasteiger partial charge < -0.3 is 20.3 Å². The van der Waals surface area contributed by atoms with Crippen LogP contribution < -0.4 is 15.5 Å². The van der Waals surface area contributed by atoms with Gasteiger partial charge in [-0.15, -0.1) is 0 Å². The first-order chi connectivity index (χ1) is 21.2. The van der Waals surface area contributed by atoms with Crippen molar-refractivity contribution in [2.24, 2.45) is 0 Å². The minimum atomic E-state index is -4.82. The predicted octanol–water partition coefficient (Wildman–Crippen LogP) is 5.80. The second kappa shape index (κ2) is 14.9. The Labute approximate surface area is 280 Å². The number of likely N-dealkylation sites (tertiary alicyclic amines) is 1. The second-order valence-electron chi connectivity index (χ2n) is 11.9. The van der Waals surface area contributed by atoms with Crippen molar-refractivity contribution in [3.63, 3.8) is 0 Å². The summed E-state index contributed by atoms with van der Waals surface area (Å²) < 4.78 is 73.7. The van der Waals surface area contributed by atoms with Gasteiger partial charge in [-0.3, -0.25) is 14.5 Å². The summed E-state index contributed by atoms with van der Waals surface area (Å²) in [5.41, 5.74) is -2.23. The lowest BCUT2D eigenvalue weighted by molar-refractivity contribution is -0.138. The van der Waals surface area contributed by atoms with E-state index in [9.17, 15) is 36.0 Å². The van der Waals surface area contributed by atoms with Gasteiger partial charge in [0.15, 0.2) is 9.84 Å². The molecule has 254 valence electrons. The predicted molar refractivity (Wildman–Crippen MR) is 172 cm³/mol. The summed E-state index contributed by atoms with van der Waals surface area (Å²) in [4.78, 5) is 40.3. The number of hydrogen-bond acceptors (Lipinski definition) is 7. The molecule has 1 fully saturated rings. The molecule has 1 heterocycles. The Kier molecular flexibility index (Phi) is 12.2. The summed E-state index contributed by atoms with van der Waals surface area (Å²) in [6.45, 7) is 6.78. The molecule has 10 nitrogen and oxygen atoms in total. The van der Waals surface area contributed by atoms with Crippen LogP contribution in [-0.2, 0) is 32.1 Å². The van der Waals surface area contributed by atoms with Crippen molar-refractivity contribution < 1.29 is 40.7 Å². The van der Waals surface area contributed by atoms with Crippen LogP contribution in [0.15, 0.2) is 39.7 Å². The molecule has 46 heavy (non-hydrogen) atoms. The Bertz CT molecular complexity index is 1580. The van der Waals surface area contributed by atoms with E-state index in [4.69, 9.17) is 16.3 Å². The van der Waals surface area contributed by atoms with Crippen LogP contribution >= 0.6 is 27.5 Å². The van der Waals surface area contributed by atoms with Gasteiger partial charge >= 0.3 is 12.3 Å². The molecule has 3 amide bonds. The van der Waals surface area contributed by atoms with E-state index in [1.54, 1.807) is 25.7 Å². The van der Waals surface area contributed by atoms with Crippen molar-refractivity contribution in [1.82, 2.24) is 15.5 Å². The molecule has 1 aliphatic rings. The molecule has 0 radical (unpaired) electrons. The summed E-state index contributed by atoms with van der Waals surface area (Å²) in [5.74, 6) is -1.59. The first-order valence-corrected chi connectivity index (χ1v) is 17.2. The second-order valence-corrected chi connectivity index (χ2v) is 15.4. The van der Waals surface area contributed by atoms with Crippen LogP contribution in [0.3, 0.4) is 0 Å². The van der Waals surface area contributed by atoms with Gasteiger partial charge in [0.2, 0.25) is 5.91 Å². The molecule has 0 spiro atoms. The molecular formula is C30H37BrClF3N4O6S. The molecule has 0 aliphatic carbocycles. The summed E-state index contributed by atoms with van der Waals surface area (Å²) in [6, 6.07) is 5.55. The van der Waals surface area contributed by atoms with Crippen LogP contribution in [0, 0.1) is 0 Å². The fourth-order valence-corrected chi connectivity index (χ4v) is 6.79. The number of sulfone groups is 1. The highest BCUT2D eigenvalue weighted by molar-refractivity contribution is 9.10. The van der Waals surface area contributed by atoms with Gasteiger partial charge in [0.05, 0.1) is 21.9 Å². The summed E-state index contributed by atoms with van der Waals surface area (Å²) in [6.07, 6.45) is -4.37. The van der Waals surface area contributed by atoms with Crippen molar-refractivity contribution in [2.75, 3.05) is 37.3 Å². The van der Waals surface area contributed by atoms with Crippen LogP contribution in [-0.4, -0.2) is 75.3 Å². The number of piperidine rings is 1. The molecule has 2 aromatic carbocycles. The highest BCUT2D eigenvalue weighted by Gasteiger charge is 2.37. The summed E-state index contributed by atoms with van der Waals surface area (Å²) in [5, 5.41) is 5.32. The maximum absolute atomic E-state index is 14.4. The molecule has 1 saturated heterocycles. The Morgan fingerprint density at radius 1 is 1.15 bits per heavy atom. The fraction of sp³-hybridized carbons (Fsp3) is 0.500. The van der Waals surface area contributed by atoms with E-state index in [-0.39, 0.29) is 62.6 Å². The fourth-order valence-electron chi connectivity index (χ4n) is 4.93. The van der Waals surface area contributed by atoms with E-state index in [1.807, 2.05) is 0 Å². The van der Waals surface area contributed by atoms with Crippen LogP contribution in [0.4, 0.5) is 23.7 Å². The Hall–Kier alpha value is -2.88. The highest BCUT2D eigenvalue weighted by Crippen LogP contribution is 2.38.